The molecule has 0 aromatic heterocycles. The van der Waals surface area contributed by atoms with Gasteiger partial charge in [0.15, 0.2) is 0 Å². The molecule has 0 radical (unpaired) electrons. The first kappa shape index (κ1) is 14.4. The van der Waals surface area contributed by atoms with Gasteiger partial charge in [-0.2, -0.15) is 0 Å². The van der Waals surface area contributed by atoms with Gasteiger partial charge in [0, 0.05) is 0 Å². The Morgan fingerprint density at radius 2 is 1.40 bits per heavy atom. The van der Waals surface area contributed by atoms with Crippen LogP contribution in [0.25, 0.3) is 0 Å². The molecule has 0 spiro atoms. The molecule has 15 heavy (non-hydrogen) atoms. The molecule has 3 heteroatoms. The molecule has 0 aromatic rings. The molecular formula is C12H23FO2. The molecule has 0 saturated heterocycles. The van der Waals surface area contributed by atoms with Gasteiger partial charge in [-0.25, -0.2) is 4.79 Å². The molecule has 0 aliphatic heterocycles. The van der Waals surface area contributed by atoms with E-state index < -0.39 is 6.22 Å². The third-order valence-corrected chi connectivity index (χ3v) is 2.46. The predicted octanol–water partition coefficient (Wildman–Crippen LogP) is 4.62. The van der Waals surface area contributed by atoms with E-state index in [2.05, 4.69) is 11.7 Å². The van der Waals surface area contributed by atoms with Crippen molar-refractivity contribution >= 4 is 6.22 Å². The summed E-state index contributed by atoms with van der Waals surface area (Å²) in [6, 6.07) is 0. The Hall–Kier alpha value is -0.600. The molecule has 0 unspecified atom stereocenters. The van der Waals surface area contributed by atoms with Gasteiger partial charge in [-0.1, -0.05) is 58.3 Å². The zero-order valence-electron chi connectivity index (χ0n) is 9.77. The first-order valence-electron chi connectivity index (χ1n) is 6.09. The second-order valence-electron chi connectivity index (χ2n) is 3.91. The third kappa shape index (κ3) is 13.4. The minimum atomic E-state index is -1.66. The number of carbonyl (C=O) groups is 1. The van der Waals surface area contributed by atoms with Crippen LogP contribution in [0.5, 0.6) is 0 Å². The van der Waals surface area contributed by atoms with Crippen LogP contribution in [0.15, 0.2) is 0 Å². The largest absolute Gasteiger partial charge is 0.495 e. The minimum Gasteiger partial charge on any atom is -0.440 e. The summed E-state index contributed by atoms with van der Waals surface area (Å²) in [6.45, 7) is 2.44. The lowest BCUT2D eigenvalue weighted by Crippen LogP contribution is -1.96. The maximum absolute atomic E-state index is 11.6. The number of unbranched alkanes of at least 4 members (excludes halogenated alkanes) is 8. The summed E-state index contributed by atoms with van der Waals surface area (Å²) in [6.07, 6.45) is 9.15. The Balaban J connectivity index is 2.89. The van der Waals surface area contributed by atoms with Gasteiger partial charge in [0.1, 0.15) is 0 Å². The Morgan fingerprint density at radius 3 is 1.87 bits per heavy atom. The summed E-state index contributed by atoms with van der Waals surface area (Å²) >= 11 is 0. The van der Waals surface area contributed by atoms with Crippen molar-refractivity contribution in [3.8, 4) is 0 Å². The standard InChI is InChI=1S/C12H23FO2/c1-2-3-4-5-6-7-8-9-10-11-15-12(13)14/h2-11H2,1H3. The summed E-state index contributed by atoms with van der Waals surface area (Å²) in [5.74, 6) is 0. The van der Waals surface area contributed by atoms with Crippen LogP contribution in [0.4, 0.5) is 9.18 Å². The summed E-state index contributed by atoms with van der Waals surface area (Å²) in [4.78, 5) is 9.79. The lowest BCUT2D eigenvalue weighted by molar-refractivity contribution is 0.119. The average molecular weight is 218 g/mol. The highest BCUT2D eigenvalue weighted by Crippen LogP contribution is 2.09. The molecule has 0 heterocycles. The molecule has 0 aliphatic rings. The van der Waals surface area contributed by atoms with Crippen molar-refractivity contribution in [1.29, 1.82) is 0 Å². The van der Waals surface area contributed by atoms with Crippen molar-refractivity contribution < 1.29 is 13.9 Å². The second-order valence-corrected chi connectivity index (χ2v) is 3.91. The summed E-state index contributed by atoms with van der Waals surface area (Å²) in [5.41, 5.74) is 0. The normalized spacial score (nSPS) is 10.3. The van der Waals surface area contributed by atoms with Gasteiger partial charge in [-0.05, 0) is 6.42 Å². The number of hydrogen-bond donors (Lipinski definition) is 0. The van der Waals surface area contributed by atoms with E-state index in [0.717, 1.165) is 19.3 Å². The molecule has 0 N–H and O–H groups in total. The zero-order chi connectivity index (χ0) is 11.4. The molecule has 0 fully saturated rings. The molecule has 0 bridgehead atoms. The molecular weight excluding hydrogens is 195 g/mol. The van der Waals surface area contributed by atoms with E-state index in [-0.39, 0.29) is 6.61 Å². The van der Waals surface area contributed by atoms with Crippen LogP contribution in [0.2, 0.25) is 0 Å². The number of rotatable bonds is 10. The Labute approximate surface area is 92.2 Å². The SMILES string of the molecule is CCCCCCCCCCCOC(=O)F. The van der Waals surface area contributed by atoms with Crippen LogP contribution in [0, 0.1) is 0 Å². The minimum absolute atomic E-state index is 0.227. The lowest BCUT2D eigenvalue weighted by Gasteiger charge is -2.01. The fraction of sp³-hybridized carbons (Fsp3) is 0.917. The van der Waals surface area contributed by atoms with E-state index in [4.69, 9.17) is 0 Å². The first-order valence-corrected chi connectivity index (χ1v) is 6.09. The maximum atomic E-state index is 11.6. The van der Waals surface area contributed by atoms with E-state index in [1.807, 2.05) is 0 Å². The van der Waals surface area contributed by atoms with E-state index in [9.17, 15) is 9.18 Å². The van der Waals surface area contributed by atoms with E-state index >= 15 is 0 Å². The number of hydrogen-bond acceptors (Lipinski definition) is 2. The second kappa shape index (κ2) is 11.5. The van der Waals surface area contributed by atoms with Crippen molar-refractivity contribution in [1.82, 2.24) is 0 Å². The molecule has 0 saturated carbocycles. The first-order chi connectivity index (χ1) is 7.27. The predicted molar refractivity (Wildman–Crippen MR) is 59.7 cm³/mol. The Morgan fingerprint density at radius 1 is 0.933 bits per heavy atom. The van der Waals surface area contributed by atoms with Crippen LogP contribution < -0.4 is 0 Å². The molecule has 0 amide bonds. The molecule has 0 aliphatic carbocycles. The van der Waals surface area contributed by atoms with Crippen LogP contribution in [0.1, 0.15) is 64.7 Å². The van der Waals surface area contributed by atoms with Crippen molar-refractivity contribution in [3.63, 3.8) is 0 Å². The van der Waals surface area contributed by atoms with Gasteiger partial charge in [0.2, 0.25) is 0 Å². The van der Waals surface area contributed by atoms with Gasteiger partial charge in [-0.15, -0.1) is 4.39 Å². The van der Waals surface area contributed by atoms with E-state index in [1.54, 1.807) is 0 Å². The number of halogens is 1. The van der Waals surface area contributed by atoms with Gasteiger partial charge < -0.3 is 4.74 Å². The topological polar surface area (TPSA) is 26.3 Å². The quantitative estimate of drug-likeness (QED) is 0.395. The molecule has 2 nitrogen and oxygen atoms in total. The van der Waals surface area contributed by atoms with Crippen LogP contribution in [0.3, 0.4) is 0 Å². The van der Waals surface area contributed by atoms with Crippen LogP contribution >= 0.6 is 0 Å². The third-order valence-electron chi connectivity index (χ3n) is 2.46. The number of carbonyl (C=O) groups excluding carboxylic acids is 1. The van der Waals surface area contributed by atoms with Crippen molar-refractivity contribution in [2.24, 2.45) is 0 Å². The average Bonchev–Trinajstić information content (AvgIpc) is 2.20. The number of ether oxygens (including phenoxy) is 1. The molecule has 0 aromatic carbocycles. The highest BCUT2D eigenvalue weighted by atomic mass is 19.1. The monoisotopic (exact) mass is 218 g/mol. The molecule has 0 rings (SSSR count). The maximum Gasteiger partial charge on any atom is 0.495 e. The van der Waals surface area contributed by atoms with Crippen molar-refractivity contribution in [2.45, 2.75) is 64.7 Å². The highest BCUT2D eigenvalue weighted by molar-refractivity contribution is 5.57. The Kier molecular flexibility index (Phi) is 11.0. The smallest absolute Gasteiger partial charge is 0.440 e. The lowest BCUT2D eigenvalue weighted by atomic mass is 10.1. The highest BCUT2D eigenvalue weighted by Gasteiger charge is 1.96. The molecule has 0 atom stereocenters. The van der Waals surface area contributed by atoms with Gasteiger partial charge in [0.25, 0.3) is 0 Å². The summed E-state index contributed by atoms with van der Waals surface area (Å²) < 4.78 is 15.8. The van der Waals surface area contributed by atoms with Crippen LogP contribution in [-0.4, -0.2) is 12.8 Å². The van der Waals surface area contributed by atoms with E-state index in [1.165, 1.54) is 38.5 Å². The summed E-state index contributed by atoms with van der Waals surface area (Å²) in [7, 11) is 0. The van der Waals surface area contributed by atoms with Gasteiger partial charge in [0.05, 0.1) is 6.61 Å². The van der Waals surface area contributed by atoms with Gasteiger partial charge >= 0.3 is 6.22 Å². The van der Waals surface area contributed by atoms with Crippen molar-refractivity contribution in [2.75, 3.05) is 6.61 Å². The van der Waals surface area contributed by atoms with Crippen LogP contribution in [-0.2, 0) is 4.74 Å². The van der Waals surface area contributed by atoms with Crippen molar-refractivity contribution in [3.05, 3.63) is 0 Å². The molecule has 90 valence electrons. The fourth-order valence-corrected chi connectivity index (χ4v) is 1.57. The Bertz CT molecular complexity index is 149. The fourth-order valence-electron chi connectivity index (χ4n) is 1.57. The summed E-state index contributed by atoms with van der Waals surface area (Å²) in [5, 5.41) is 0. The van der Waals surface area contributed by atoms with Gasteiger partial charge in [-0.3, -0.25) is 0 Å². The van der Waals surface area contributed by atoms with E-state index in [0.29, 0.717) is 0 Å². The zero-order valence-corrected chi connectivity index (χ0v) is 9.77.